The topological polar surface area (TPSA) is 122 Å². The maximum Gasteiger partial charge on any atom is 0.417 e. The Kier molecular flexibility index (Phi) is 12.8. The highest BCUT2D eigenvalue weighted by Gasteiger charge is 2.35. The number of carboxylic acid groups (broad SMARTS) is 1. The zero-order chi connectivity index (χ0) is 38.3. The van der Waals surface area contributed by atoms with Crippen molar-refractivity contribution >= 4 is 35.9 Å². The highest BCUT2D eigenvalue weighted by Crippen LogP contribution is 2.38. The molecule has 9 nitrogen and oxygen atoms in total. The molecule has 2 heterocycles. The molecule has 0 unspecified atom stereocenters. The largest absolute Gasteiger partial charge is 0.496 e. The van der Waals surface area contributed by atoms with Gasteiger partial charge in [0, 0.05) is 56.5 Å². The Balaban J connectivity index is 1.36. The smallest absolute Gasteiger partial charge is 0.417 e. The number of nitrogens with one attached hydrogen (secondary N) is 2. The maximum atomic E-state index is 14.4. The van der Waals surface area contributed by atoms with Gasteiger partial charge in [0.1, 0.15) is 11.3 Å². The maximum absolute atomic E-state index is 14.4. The van der Waals surface area contributed by atoms with Gasteiger partial charge in [-0.25, -0.2) is 4.99 Å². The van der Waals surface area contributed by atoms with E-state index in [1.807, 2.05) is 55.1 Å². The minimum absolute atomic E-state index is 0.0462. The van der Waals surface area contributed by atoms with Crippen LogP contribution in [-0.4, -0.2) is 78.9 Å². The Bertz CT molecular complexity index is 1900. The molecule has 0 bridgehead atoms. The zero-order valence-corrected chi connectivity index (χ0v) is 30.7. The summed E-state index contributed by atoms with van der Waals surface area (Å²) < 4.78 is 48.8. The summed E-state index contributed by atoms with van der Waals surface area (Å²) in [5.74, 6) is -1.49. The van der Waals surface area contributed by atoms with Gasteiger partial charge in [0.2, 0.25) is 0 Å². The highest BCUT2D eigenvalue weighted by atomic mass is 19.4. The molecule has 282 valence electrons. The van der Waals surface area contributed by atoms with Crippen molar-refractivity contribution in [3.63, 3.8) is 0 Å². The van der Waals surface area contributed by atoms with Crippen LogP contribution >= 0.6 is 0 Å². The summed E-state index contributed by atoms with van der Waals surface area (Å²) in [6, 6.07) is 14.0. The molecule has 1 amide bonds. The minimum atomic E-state index is -4.63. The van der Waals surface area contributed by atoms with Crippen molar-refractivity contribution in [2.75, 3.05) is 45.2 Å². The lowest BCUT2D eigenvalue weighted by atomic mass is 9.92. The van der Waals surface area contributed by atoms with Crippen LogP contribution in [-0.2, 0) is 22.3 Å². The van der Waals surface area contributed by atoms with Crippen LogP contribution in [0.2, 0.25) is 0 Å². The summed E-state index contributed by atoms with van der Waals surface area (Å²) >= 11 is 0. The molecular weight excluding hydrogens is 683 g/mol. The molecule has 3 aromatic carbocycles. The Morgan fingerprint density at radius 2 is 1.64 bits per heavy atom. The van der Waals surface area contributed by atoms with Crippen molar-refractivity contribution in [1.29, 1.82) is 0 Å². The van der Waals surface area contributed by atoms with Crippen LogP contribution in [0.5, 0.6) is 5.75 Å². The summed E-state index contributed by atoms with van der Waals surface area (Å²) in [7, 11) is 1.41. The van der Waals surface area contributed by atoms with E-state index in [0.29, 0.717) is 35.5 Å². The van der Waals surface area contributed by atoms with Crippen LogP contribution in [0, 0.1) is 19.8 Å². The van der Waals surface area contributed by atoms with Gasteiger partial charge in [0.25, 0.3) is 5.91 Å². The fourth-order valence-electron chi connectivity index (χ4n) is 7.13. The molecule has 2 saturated heterocycles. The Morgan fingerprint density at radius 3 is 2.26 bits per heavy atom. The molecule has 2 aliphatic heterocycles. The molecule has 0 spiro atoms. The number of carbonyl (C=O) groups excluding carboxylic acids is 1. The number of alkyl halides is 3. The number of aliphatic carboxylic acids is 1. The highest BCUT2D eigenvalue weighted by molar-refractivity contribution is 6.16. The fourth-order valence-corrected chi connectivity index (χ4v) is 7.13. The van der Waals surface area contributed by atoms with Crippen LogP contribution in [0.1, 0.15) is 59.6 Å². The van der Waals surface area contributed by atoms with Gasteiger partial charge in [-0.2, -0.15) is 13.2 Å². The van der Waals surface area contributed by atoms with E-state index in [1.54, 1.807) is 12.3 Å². The van der Waals surface area contributed by atoms with Crippen molar-refractivity contribution in [2.24, 2.45) is 11.7 Å². The standard InChI is InChI=1S/C41H48F3N5O4/c1-5-48-18-15-33(16-19-48)46-23-32(22-45)39(50)47-37-11-7-10-35(27(37)3)34-9-6-8-28(26(34)2)12-13-29-21-38(53-4)31(20-36(29)41(42,43)44)25-49-17-14-30(24-49)40(51)52/h6-13,20-23,30,33H,5,14-19,24-25,45H2,1-4H3,(H,47,50)(H,51,52)/p+1/b13-12+,32-22?,46-23?/t30-/m1/s1. The third-order valence-electron chi connectivity index (χ3n) is 10.4. The lowest BCUT2D eigenvalue weighted by molar-refractivity contribution is -0.503. The Labute approximate surface area is 309 Å². The van der Waals surface area contributed by atoms with E-state index < -0.39 is 23.6 Å². The molecule has 0 saturated carbocycles. The minimum Gasteiger partial charge on any atom is -0.496 e. The Hall–Kier alpha value is -4.94. The second-order valence-corrected chi connectivity index (χ2v) is 13.7. The van der Waals surface area contributed by atoms with Gasteiger partial charge < -0.3 is 25.8 Å². The lowest BCUT2D eigenvalue weighted by Crippen LogP contribution is -2.78. The number of methoxy groups -OCH3 is 1. The summed E-state index contributed by atoms with van der Waals surface area (Å²) in [5, 5.41) is 12.3. The average molecular weight is 733 g/mol. The van der Waals surface area contributed by atoms with E-state index in [1.165, 1.54) is 25.5 Å². The quantitative estimate of drug-likeness (QED) is 0.110. The molecule has 53 heavy (non-hydrogen) atoms. The van der Waals surface area contributed by atoms with E-state index in [-0.39, 0.29) is 30.6 Å². The summed E-state index contributed by atoms with van der Waals surface area (Å²) in [5.41, 5.74) is 10.4. The second kappa shape index (κ2) is 17.3. The summed E-state index contributed by atoms with van der Waals surface area (Å²) in [4.78, 5) is 32.3. The fraction of sp³-hybridized carbons (Fsp3) is 0.390. The molecule has 0 aliphatic carbocycles. The number of nitrogens with two attached hydrogens (primary N) is 1. The molecule has 5 N–H and O–H groups in total. The number of ether oxygens (including phenoxy) is 1. The first kappa shape index (κ1) is 39.3. The van der Waals surface area contributed by atoms with Gasteiger partial charge >= 0.3 is 12.1 Å². The lowest BCUT2D eigenvalue weighted by Gasteiger charge is -2.26. The van der Waals surface area contributed by atoms with E-state index in [0.717, 1.165) is 66.4 Å². The van der Waals surface area contributed by atoms with E-state index >= 15 is 0 Å². The van der Waals surface area contributed by atoms with Crippen molar-refractivity contribution < 1.29 is 37.6 Å². The molecule has 1 atom stereocenters. The number of benzene rings is 3. The zero-order valence-electron chi connectivity index (χ0n) is 30.7. The van der Waals surface area contributed by atoms with Crippen LogP contribution in [0.4, 0.5) is 18.9 Å². The number of anilines is 1. The number of carboxylic acids is 1. The SMILES string of the molecule is CCN1CCC([NH+]=CC(=CN)C(=O)Nc2cccc(-c3cccc(/C=C/c4cc(OC)c(CN5CC[C@@H](C(=O)O)C5)cc4C(F)(F)F)c3C)c2C)CC1. The van der Waals surface area contributed by atoms with Gasteiger partial charge in [0.15, 0.2) is 12.3 Å². The normalized spacial score (nSPS) is 17.9. The number of hydrogen-bond acceptors (Lipinski definition) is 6. The van der Waals surface area contributed by atoms with Gasteiger partial charge in [0.05, 0.1) is 18.6 Å². The van der Waals surface area contributed by atoms with Crippen molar-refractivity contribution in [3.8, 4) is 16.9 Å². The monoisotopic (exact) mass is 732 g/mol. The van der Waals surface area contributed by atoms with Gasteiger partial charge in [-0.05, 0) is 84.9 Å². The molecule has 0 radical (unpaired) electrons. The molecule has 3 aromatic rings. The predicted molar refractivity (Wildman–Crippen MR) is 202 cm³/mol. The molecule has 2 aliphatic rings. The average Bonchev–Trinajstić information content (AvgIpc) is 3.61. The number of likely N-dealkylation sites (tertiary alicyclic amines) is 2. The first-order valence-corrected chi connectivity index (χ1v) is 18.0. The van der Waals surface area contributed by atoms with Crippen molar-refractivity contribution in [3.05, 3.63) is 93.7 Å². The molecule has 5 rings (SSSR count). The first-order valence-electron chi connectivity index (χ1n) is 18.0. The number of rotatable bonds is 12. The van der Waals surface area contributed by atoms with Crippen LogP contribution in [0.15, 0.2) is 60.3 Å². The van der Waals surface area contributed by atoms with Gasteiger partial charge in [-0.1, -0.05) is 49.4 Å². The number of nitrogens with zero attached hydrogens (tertiary/aromatic N) is 2. The number of carbonyl (C=O) groups is 2. The predicted octanol–water partition coefficient (Wildman–Crippen LogP) is 5.49. The van der Waals surface area contributed by atoms with Crippen molar-refractivity contribution in [2.45, 2.75) is 58.8 Å². The van der Waals surface area contributed by atoms with Crippen molar-refractivity contribution in [1.82, 2.24) is 9.80 Å². The number of hydrogen-bond donors (Lipinski definition) is 4. The number of piperidine rings is 1. The van der Waals surface area contributed by atoms with Gasteiger partial charge in [-0.3, -0.25) is 14.5 Å². The van der Waals surface area contributed by atoms with Gasteiger partial charge in [-0.15, -0.1) is 0 Å². The molecule has 0 aromatic heterocycles. The summed E-state index contributed by atoms with van der Waals surface area (Å²) in [6.45, 7) is 9.92. The first-order chi connectivity index (χ1) is 25.3. The summed E-state index contributed by atoms with van der Waals surface area (Å²) in [6.07, 6.45) is 3.86. The van der Waals surface area contributed by atoms with E-state index in [4.69, 9.17) is 10.5 Å². The number of halogens is 3. The number of amides is 1. The third-order valence-corrected chi connectivity index (χ3v) is 10.4. The third kappa shape index (κ3) is 9.54. The van der Waals surface area contributed by atoms with E-state index in [9.17, 15) is 27.9 Å². The van der Waals surface area contributed by atoms with Crippen LogP contribution in [0.3, 0.4) is 0 Å². The molecule has 12 heteroatoms. The molecular formula is C41H49F3N5O4+. The van der Waals surface area contributed by atoms with Crippen LogP contribution in [0.25, 0.3) is 23.3 Å². The van der Waals surface area contributed by atoms with Crippen LogP contribution < -0.4 is 20.8 Å². The van der Waals surface area contributed by atoms with E-state index in [2.05, 4.69) is 22.1 Å². The Morgan fingerprint density at radius 1 is 0.981 bits per heavy atom. The second-order valence-electron chi connectivity index (χ2n) is 13.7. The molecule has 2 fully saturated rings.